The third-order valence-corrected chi connectivity index (χ3v) is 8.22. The van der Waals surface area contributed by atoms with Crippen molar-refractivity contribution in [2.24, 2.45) is 5.92 Å². The number of hydrogen-bond acceptors (Lipinski definition) is 2. The summed E-state index contributed by atoms with van der Waals surface area (Å²) in [6, 6.07) is 0. The molecule has 0 saturated carbocycles. The highest BCUT2D eigenvalue weighted by molar-refractivity contribution is 7.64. The van der Waals surface area contributed by atoms with Crippen LogP contribution in [-0.4, -0.2) is 17.4 Å². The molecule has 2 nitrogen and oxygen atoms in total. The van der Waals surface area contributed by atoms with Crippen LogP contribution in [0.15, 0.2) is 0 Å². The van der Waals surface area contributed by atoms with Gasteiger partial charge < -0.3 is 4.52 Å². The topological polar surface area (TPSA) is 26.3 Å². The average molecular weight is 190 g/mol. The van der Waals surface area contributed by atoms with Crippen LogP contribution in [0.3, 0.4) is 0 Å². The van der Waals surface area contributed by atoms with Crippen molar-refractivity contribution in [1.82, 2.24) is 0 Å². The van der Waals surface area contributed by atoms with Gasteiger partial charge in [0.2, 0.25) is 7.37 Å². The summed E-state index contributed by atoms with van der Waals surface area (Å²) >= 11 is 0. The van der Waals surface area contributed by atoms with Gasteiger partial charge in [0.1, 0.15) is 0 Å². The maximum Gasteiger partial charge on any atom is 0.214 e. The zero-order valence-electron chi connectivity index (χ0n) is 8.84. The zero-order valence-corrected chi connectivity index (χ0v) is 9.74. The van der Waals surface area contributed by atoms with E-state index in [1.807, 2.05) is 27.7 Å². The summed E-state index contributed by atoms with van der Waals surface area (Å²) in [5.74, 6) is 0.454. The fourth-order valence-corrected chi connectivity index (χ4v) is 6.41. The van der Waals surface area contributed by atoms with Crippen LogP contribution in [0, 0.1) is 5.92 Å². The van der Waals surface area contributed by atoms with E-state index in [-0.39, 0.29) is 10.3 Å². The molecule has 0 radical (unpaired) electrons. The highest BCUT2D eigenvalue weighted by Gasteiger charge is 2.68. The molecule has 3 heteroatoms. The Balaban J connectivity index is 3.11. The molecule has 0 unspecified atom stereocenters. The van der Waals surface area contributed by atoms with E-state index in [0.29, 0.717) is 5.92 Å². The lowest BCUT2D eigenvalue weighted by Crippen LogP contribution is -2.57. The van der Waals surface area contributed by atoms with Crippen molar-refractivity contribution in [2.75, 3.05) is 7.11 Å². The fraction of sp³-hybridized carbons (Fsp3) is 1.00. The van der Waals surface area contributed by atoms with E-state index < -0.39 is 7.37 Å². The van der Waals surface area contributed by atoms with Crippen LogP contribution in [0.4, 0.5) is 0 Å². The second-order valence-electron chi connectivity index (χ2n) is 4.76. The Hall–Kier alpha value is 0.190. The van der Waals surface area contributed by atoms with Crippen molar-refractivity contribution in [3.05, 3.63) is 0 Å². The van der Waals surface area contributed by atoms with E-state index in [0.717, 1.165) is 0 Å². The maximum absolute atomic E-state index is 12.3. The van der Waals surface area contributed by atoms with Crippen LogP contribution in [0.5, 0.6) is 0 Å². The van der Waals surface area contributed by atoms with Crippen LogP contribution >= 0.6 is 7.37 Å². The molecule has 1 aliphatic heterocycles. The normalized spacial score (nSPS) is 43.7. The van der Waals surface area contributed by atoms with Gasteiger partial charge in [0, 0.05) is 17.4 Å². The third kappa shape index (κ3) is 0.781. The fourth-order valence-electron chi connectivity index (χ4n) is 2.52. The third-order valence-electron chi connectivity index (χ3n) is 3.89. The molecule has 0 bridgehead atoms. The Morgan fingerprint density at radius 2 is 1.50 bits per heavy atom. The van der Waals surface area contributed by atoms with E-state index in [1.165, 1.54) is 0 Å². The van der Waals surface area contributed by atoms with Crippen molar-refractivity contribution >= 4 is 7.37 Å². The van der Waals surface area contributed by atoms with Crippen molar-refractivity contribution < 1.29 is 9.09 Å². The average Bonchev–Trinajstić information content (AvgIpc) is 2.00. The summed E-state index contributed by atoms with van der Waals surface area (Å²) < 4.78 is 17.6. The summed E-state index contributed by atoms with van der Waals surface area (Å²) in [6.45, 7) is 10.3. The van der Waals surface area contributed by atoms with Crippen molar-refractivity contribution in [3.63, 3.8) is 0 Å². The standard InChI is InChI=1S/C9H19O2P/c1-7-8(2,3)12(10,11-6)9(7,4)5/h7H,1-6H3. The highest BCUT2D eigenvalue weighted by Crippen LogP contribution is 2.82. The molecule has 72 valence electrons. The van der Waals surface area contributed by atoms with Gasteiger partial charge in [-0.25, -0.2) is 0 Å². The lowest BCUT2D eigenvalue weighted by atomic mass is 9.83. The van der Waals surface area contributed by atoms with Crippen molar-refractivity contribution in [1.29, 1.82) is 0 Å². The van der Waals surface area contributed by atoms with Gasteiger partial charge in [0.15, 0.2) is 0 Å². The van der Waals surface area contributed by atoms with Crippen LogP contribution in [-0.2, 0) is 9.09 Å². The first-order chi connectivity index (χ1) is 5.22. The second kappa shape index (κ2) is 2.36. The summed E-state index contributed by atoms with van der Waals surface area (Å²) in [4.78, 5) is 0. The molecule has 1 saturated heterocycles. The monoisotopic (exact) mass is 190 g/mol. The first-order valence-electron chi connectivity index (χ1n) is 4.38. The van der Waals surface area contributed by atoms with E-state index in [1.54, 1.807) is 7.11 Å². The number of rotatable bonds is 1. The van der Waals surface area contributed by atoms with Crippen molar-refractivity contribution in [3.8, 4) is 0 Å². The molecule has 0 amide bonds. The summed E-state index contributed by atoms with van der Waals surface area (Å²) in [7, 11) is -0.870. The highest BCUT2D eigenvalue weighted by atomic mass is 31.2. The molecule has 0 aromatic heterocycles. The Kier molecular flexibility index (Phi) is 2.02. The van der Waals surface area contributed by atoms with E-state index in [9.17, 15) is 4.57 Å². The largest absolute Gasteiger partial charge is 0.331 e. The molecule has 0 atom stereocenters. The molecule has 1 rings (SSSR count). The van der Waals surface area contributed by atoms with Gasteiger partial charge in [-0.05, 0) is 5.92 Å². The molecule has 1 aliphatic rings. The first-order valence-corrected chi connectivity index (χ1v) is 6.00. The van der Waals surface area contributed by atoms with E-state index in [4.69, 9.17) is 4.52 Å². The zero-order chi connectivity index (χ0) is 9.78. The summed E-state index contributed by atoms with van der Waals surface area (Å²) in [6.07, 6.45) is 0. The first kappa shape index (κ1) is 10.3. The molecular formula is C9H19O2P. The van der Waals surface area contributed by atoms with Gasteiger partial charge >= 0.3 is 0 Å². The Bertz CT molecular complexity index is 223. The lowest BCUT2D eigenvalue weighted by Gasteiger charge is -2.61. The smallest absolute Gasteiger partial charge is 0.214 e. The molecule has 0 spiro atoms. The summed E-state index contributed by atoms with van der Waals surface area (Å²) in [5, 5.41) is -0.295. The van der Waals surface area contributed by atoms with Gasteiger partial charge in [-0.3, -0.25) is 4.57 Å². The molecule has 1 heterocycles. The minimum absolute atomic E-state index is 0.148. The summed E-state index contributed by atoms with van der Waals surface area (Å²) in [5.41, 5.74) is 0. The molecular weight excluding hydrogens is 171 g/mol. The maximum atomic E-state index is 12.3. The number of hydrogen-bond donors (Lipinski definition) is 0. The van der Waals surface area contributed by atoms with Gasteiger partial charge in [-0.2, -0.15) is 0 Å². The lowest BCUT2D eigenvalue weighted by molar-refractivity contribution is 0.203. The quantitative estimate of drug-likeness (QED) is 0.594. The Labute approximate surface area is 75.1 Å². The minimum Gasteiger partial charge on any atom is -0.331 e. The second-order valence-corrected chi connectivity index (χ2v) is 8.54. The Morgan fingerprint density at radius 3 is 1.67 bits per heavy atom. The van der Waals surface area contributed by atoms with Gasteiger partial charge in [-0.1, -0.05) is 34.6 Å². The van der Waals surface area contributed by atoms with Crippen LogP contribution in [0.1, 0.15) is 34.6 Å². The molecule has 0 aromatic carbocycles. The minimum atomic E-state index is -2.44. The molecule has 0 aromatic rings. The van der Waals surface area contributed by atoms with Crippen molar-refractivity contribution in [2.45, 2.75) is 44.9 Å². The predicted octanol–water partition coefficient (Wildman–Crippen LogP) is 3.12. The van der Waals surface area contributed by atoms with Gasteiger partial charge in [0.25, 0.3) is 0 Å². The molecule has 0 N–H and O–H groups in total. The molecule has 0 aliphatic carbocycles. The van der Waals surface area contributed by atoms with E-state index in [2.05, 4.69) is 6.92 Å². The van der Waals surface area contributed by atoms with Crippen LogP contribution in [0.2, 0.25) is 0 Å². The van der Waals surface area contributed by atoms with Gasteiger partial charge in [0.05, 0.1) is 0 Å². The predicted molar refractivity (Wildman–Crippen MR) is 51.9 cm³/mol. The Morgan fingerprint density at radius 1 is 1.17 bits per heavy atom. The molecule has 1 fully saturated rings. The van der Waals surface area contributed by atoms with E-state index >= 15 is 0 Å². The van der Waals surface area contributed by atoms with Crippen LogP contribution in [0.25, 0.3) is 0 Å². The van der Waals surface area contributed by atoms with Crippen LogP contribution < -0.4 is 0 Å². The SMILES string of the molecule is COP1(=O)C(C)(C)C(C)C1(C)C. The van der Waals surface area contributed by atoms with Gasteiger partial charge in [-0.15, -0.1) is 0 Å². The molecule has 12 heavy (non-hydrogen) atoms.